The van der Waals surface area contributed by atoms with Crippen LogP contribution in [-0.2, 0) is 14.9 Å². The fourth-order valence-corrected chi connectivity index (χ4v) is 2.12. The topological polar surface area (TPSA) is 66.8 Å². The van der Waals surface area contributed by atoms with Crippen LogP contribution in [0.4, 0.5) is 4.79 Å². The molecule has 0 bridgehead atoms. The van der Waals surface area contributed by atoms with E-state index in [1.54, 1.807) is 0 Å². The Morgan fingerprint density at radius 3 is 2.35 bits per heavy atom. The van der Waals surface area contributed by atoms with E-state index in [1.165, 1.54) is 12.0 Å². The first kappa shape index (κ1) is 11.4. The maximum absolute atomic E-state index is 11.8. The first-order valence-electron chi connectivity index (χ1n) is 5.22. The maximum Gasteiger partial charge on any atom is 0.407 e. The number of benzene rings is 1. The van der Waals surface area contributed by atoms with E-state index in [4.69, 9.17) is 9.84 Å². The Morgan fingerprint density at radius 2 is 1.88 bits per heavy atom. The molecule has 1 heterocycles. The van der Waals surface area contributed by atoms with Crippen molar-refractivity contribution in [3.8, 4) is 0 Å². The van der Waals surface area contributed by atoms with Crippen LogP contribution < -0.4 is 0 Å². The minimum atomic E-state index is -1.01. The predicted molar refractivity (Wildman–Crippen MR) is 59.7 cm³/mol. The number of carbonyl (C=O) groups is 2. The summed E-state index contributed by atoms with van der Waals surface area (Å²) in [6, 6.07) is 9.13. The molecule has 2 rings (SSSR count). The van der Waals surface area contributed by atoms with Gasteiger partial charge in [0.2, 0.25) is 0 Å². The lowest BCUT2D eigenvalue weighted by Crippen LogP contribution is -2.65. The van der Waals surface area contributed by atoms with E-state index in [1.807, 2.05) is 30.3 Å². The van der Waals surface area contributed by atoms with Crippen molar-refractivity contribution in [3.05, 3.63) is 35.9 Å². The van der Waals surface area contributed by atoms with Crippen LogP contribution in [0.25, 0.3) is 0 Å². The van der Waals surface area contributed by atoms with Crippen LogP contribution in [0.15, 0.2) is 30.3 Å². The summed E-state index contributed by atoms with van der Waals surface area (Å²) in [4.78, 5) is 23.8. The molecule has 1 aliphatic heterocycles. The summed E-state index contributed by atoms with van der Waals surface area (Å²) < 4.78 is 4.78. The summed E-state index contributed by atoms with van der Waals surface area (Å²) in [5.74, 6) is -0.388. The highest BCUT2D eigenvalue weighted by Gasteiger charge is 2.53. The number of amides is 1. The van der Waals surface area contributed by atoms with Crippen molar-refractivity contribution < 1.29 is 19.4 Å². The summed E-state index contributed by atoms with van der Waals surface area (Å²) in [5, 5.41) is 8.84. The third kappa shape index (κ3) is 1.73. The Bertz CT molecular complexity index is 437. The summed E-state index contributed by atoms with van der Waals surface area (Å²) in [5.41, 5.74) is -0.0432. The summed E-state index contributed by atoms with van der Waals surface area (Å²) in [6.45, 7) is 0.304. The Hall–Kier alpha value is -2.04. The molecule has 0 atom stereocenters. The quantitative estimate of drug-likeness (QED) is 0.779. The van der Waals surface area contributed by atoms with Crippen LogP contribution in [0.2, 0.25) is 0 Å². The average molecular weight is 235 g/mol. The molecule has 1 aromatic rings. The van der Waals surface area contributed by atoms with Gasteiger partial charge in [0, 0.05) is 13.1 Å². The van der Waals surface area contributed by atoms with Crippen LogP contribution in [0, 0.1) is 0 Å². The van der Waals surface area contributed by atoms with Gasteiger partial charge < -0.3 is 14.7 Å². The van der Waals surface area contributed by atoms with Gasteiger partial charge in [-0.1, -0.05) is 30.3 Å². The first-order chi connectivity index (χ1) is 8.10. The van der Waals surface area contributed by atoms with Crippen LogP contribution in [0.5, 0.6) is 0 Å². The second-order valence-electron chi connectivity index (χ2n) is 4.08. The predicted octanol–water partition coefficient (Wildman–Crippen LogP) is 1.09. The molecule has 0 spiro atoms. The van der Waals surface area contributed by atoms with E-state index < -0.39 is 11.5 Å². The summed E-state index contributed by atoms with van der Waals surface area (Å²) >= 11 is 0. The fraction of sp³-hybridized carbons (Fsp3) is 0.333. The third-order valence-electron chi connectivity index (χ3n) is 3.09. The Labute approximate surface area is 98.6 Å². The highest BCUT2D eigenvalue weighted by Crippen LogP contribution is 2.35. The Morgan fingerprint density at radius 1 is 1.29 bits per heavy atom. The molecule has 5 heteroatoms. The number of ether oxygens (including phenoxy) is 1. The van der Waals surface area contributed by atoms with Crippen molar-refractivity contribution in [1.29, 1.82) is 0 Å². The number of likely N-dealkylation sites (tertiary alicyclic amines) is 1. The fourth-order valence-electron chi connectivity index (χ4n) is 2.12. The molecular weight excluding hydrogens is 222 g/mol. The lowest BCUT2D eigenvalue weighted by molar-refractivity contribution is -0.153. The van der Waals surface area contributed by atoms with Crippen molar-refractivity contribution in [3.63, 3.8) is 0 Å². The van der Waals surface area contributed by atoms with E-state index in [0.29, 0.717) is 0 Å². The largest absolute Gasteiger partial charge is 0.468 e. The van der Waals surface area contributed by atoms with Crippen molar-refractivity contribution >= 4 is 12.1 Å². The third-order valence-corrected chi connectivity index (χ3v) is 3.09. The molecule has 1 aliphatic rings. The summed E-state index contributed by atoms with van der Waals surface area (Å²) in [6.07, 6.45) is -1.01. The molecule has 1 N–H and O–H groups in total. The van der Waals surface area contributed by atoms with Gasteiger partial charge in [0.1, 0.15) is 5.41 Å². The number of esters is 1. The Balaban J connectivity index is 2.29. The maximum atomic E-state index is 11.8. The Kier molecular flexibility index (Phi) is 2.75. The van der Waals surface area contributed by atoms with Gasteiger partial charge in [0.25, 0.3) is 0 Å². The van der Waals surface area contributed by atoms with Gasteiger partial charge in [-0.25, -0.2) is 4.79 Å². The highest BCUT2D eigenvalue weighted by molar-refractivity contribution is 5.87. The number of methoxy groups -OCH3 is 1. The number of hydrogen-bond acceptors (Lipinski definition) is 3. The molecule has 0 aliphatic carbocycles. The van der Waals surface area contributed by atoms with Gasteiger partial charge in [-0.15, -0.1) is 0 Å². The van der Waals surface area contributed by atoms with E-state index >= 15 is 0 Å². The van der Waals surface area contributed by atoms with Crippen LogP contribution in [0.3, 0.4) is 0 Å². The van der Waals surface area contributed by atoms with Crippen LogP contribution >= 0.6 is 0 Å². The van der Waals surface area contributed by atoms with E-state index in [2.05, 4.69) is 0 Å². The number of rotatable bonds is 2. The van der Waals surface area contributed by atoms with Gasteiger partial charge in [0.05, 0.1) is 7.11 Å². The molecule has 1 aromatic carbocycles. The van der Waals surface area contributed by atoms with Gasteiger partial charge in [0.15, 0.2) is 0 Å². The molecule has 5 nitrogen and oxygen atoms in total. The normalized spacial score (nSPS) is 17.1. The number of carbonyl (C=O) groups excluding carboxylic acids is 1. The molecule has 90 valence electrons. The van der Waals surface area contributed by atoms with Crippen molar-refractivity contribution in [2.45, 2.75) is 5.41 Å². The zero-order valence-electron chi connectivity index (χ0n) is 9.42. The second-order valence-corrected chi connectivity index (χ2v) is 4.08. The molecule has 0 radical (unpaired) electrons. The monoisotopic (exact) mass is 235 g/mol. The van der Waals surface area contributed by atoms with Gasteiger partial charge in [-0.2, -0.15) is 0 Å². The number of carboxylic acid groups (broad SMARTS) is 1. The minimum Gasteiger partial charge on any atom is -0.468 e. The van der Waals surface area contributed by atoms with E-state index in [9.17, 15) is 9.59 Å². The van der Waals surface area contributed by atoms with E-state index in [0.717, 1.165) is 5.56 Å². The van der Waals surface area contributed by atoms with Crippen molar-refractivity contribution in [2.75, 3.05) is 20.2 Å². The van der Waals surface area contributed by atoms with Crippen LogP contribution in [-0.4, -0.2) is 42.3 Å². The smallest absolute Gasteiger partial charge is 0.407 e. The van der Waals surface area contributed by atoms with Gasteiger partial charge in [-0.05, 0) is 5.56 Å². The highest BCUT2D eigenvalue weighted by atomic mass is 16.5. The van der Waals surface area contributed by atoms with E-state index in [-0.39, 0.29) is 19.1 Å². The molecule has 1 fully saturated rings. The molecule has 1 amide bonds. The van der Waals surface area contributed by atoms with Gasteiger partial charge in [-0.3, -0.25) is 4.79 Å². The second kappa shape index (κ2) is 4.08. The molecule has 0 aromatic heterocycles. The number of nitrogens with zero attached hydrogens (tertiary/aromatic N) is 1. The summed E-state index contributed by atoms with van der Waals surface area (Å²) in [7, 11) is 1.32. The van der Waals surface area contributed by atoms with Crippen LogP contribution in [0.1, 0.15) is 5.56 Å². The molecule has 0 saturated carbocycles. The first-order valence-corrected chi connectivity index (χ1v) is 5.22. The zero-order chi connectivity index (χ0) is 12.5. The standard InChI is InChI=1S/C12H13NO4/c1-17-10(14)12(7-13(8-12)11(15)16)9-5-3-2-4-6-9/h2-6H,7-8H2,1H3,(H,15,16). The van der Waals surface area contributed by atoms with Crippen molar-refractivity contribution in [2.24, 2.45) is 0 Å². The molecule has 17 heavy (non-hydrogen) atoms. The van der Waals surface area contributed by atoms with Gasteiger partial charge >= 0.3 is 12.1 Å². The molecule has 0 unspecified atom stereocenters. The molecule has 1 saturated heterocycles. The number of hydrogen-bond donors (Lipinski definition) is 1. The molecular formula is C12H13NO4. The van der Waals surface area contributed by atoms with Crippen molar-refractivity contribution in [1.82, 2.24) is 4.90 Å². The average Bonchev–Trinajstić information content (AvgIpc) is 2.28. The zero-order valence-corrected chi connectivity index (χ0v) is 9.42. The lowest BCUT2D eigenvalue weighted by atomic mass is 9.74. The SMILES string of the molecule is COC(=O)C1(c2ccccc2)CN(C(=O)O)C1. The lowest BCUT2D eigenvalue weighted by Gasteiger charge is -2.46. The minimum absolute atomic E-state index is 0.152.